The van der Waals surface area contributed by atoms with E-state index in [2.05, 4.69) is 132 Å². The van der Waals surface area contributed by atoms with Crippen molar-refractivity contribution in [1.82, 2.24) is 14.5 Å². The molecule has 8 aromatic carbocycles. The Bertz CT molecular complexity index is 3690. The lowest BCUT2D eigenvalue weighted by Gasteiger charge is -2.37. The van der Waals surface area contributed by atoms with Crippen molar-refractivity contribution in [2.75, 3.05) is 0 Å². The number of hydrogen-bond acceptors (Lipinski definition) is 4. The molecule has 4 aromatic heterocycles. The van der Waals surface area contributed by atoms with Crippen LogP contribution in [-0.4, -0.2) is 14.5 Å². The summed E-state index contributed by atoms with van der Waals surface area (Å²) in [5.74, 6) is 0.605. The van der Waals surface area contributed by atoms with Gasteiger partial charge in [0.1, 0.15) is 28.0 Å². The number of rotatable bonds is 2. The normalized spacial score (nSPS) is 13.9. The van der Waals surface area contributed by atoms with Crippen LogP contribution >= 0.6 is 0 Å². The van der Waals surface area contributed by atoms with Crippen molar-refractivity contribution in [1.29, 1.82) is 0 Å². The SMILES string of the molecule is c1ccc2c(c1)-c1ccccc1C21c2cccc3ccc4c(c23)c2c1cccc2n4-c1nc(-c2ccc3oc4ccccc4c3c2)c2oc3ccccc3c2n1. The Balaban J connectivity index is 1.13. The van der Waals surface area contributed by atoms with Gasteiger partial charge in [0.25, 0.3) is 0 Å². The first-order chi connectivity index (χ1) is 27.8. The van der Waals surface area contributed by atoms with E-state index in [9.17, 15) is 0 Å². The first-order valence-electron chi connectivity index (χ1n) is 19.1. The summed E-state index contributed by atoms with van der Waals surface area (Å²) >= 11 is 0. The lowest BCUT2D eigenvalue weighted by atomic mass is 9.63. The van der Waals surface area contributed by atoms with Crippen LogP contribution in [0.1, 0.15) is 22.3 Å². The van der Waals surface area contributed by atoms with Crippen molar-refractivity contribution in [3.63, 3.8) is 0 Å². The third kappa shape index (κ3) is 3.31. The van der Waals surface area contributed by atoms with Crippen molar-refractivity contribution in [2.24, 2.45) is 0 Å². The summed E-state index contributed by atoms with van der Waals surface area (Å²) < 4.78 is 15.1. The Labute approximate surface area is 318 Å². The van der Waals surface area contributed by atoms with Crippen LogP contribution in [0.4, 0.5) is 0 Å². The monoisotopic (exact) mass is 713 g/mol. The highest BCUT2D eigenvalue weighted by atomic mass is 16.3. The zero-order valence-electron chi connectivity index (χ0n) is 29.7. The Morgan fingerprint density at radius 3 is 1.91 bits per heavy atom. The van der Waals surface area contributed by atoms with Crippen LogP contribution in [0.15, 0.2) is 173 Å². The Hall–Kier alpha value is -7.50. The molecular formula is C51H27N3O2. The summed E-state index contributed by atoms with van der Waals surface area (Å²) in [6.07, 6.45) is 0. The van der Waals surface area contributed by atoms with Crippen LogP contribution in [0.25, 0.3) is 105 Å². The molecule has 0 saturated carbocycles. The number of aromatic nitrogens is 3. The van der Waals surface area contributed by atoms with E-state index >= 15 is 0 Å². The van der Waals surface area contributed by atoms with Crippen LogP contribution in [0, 0.1) is 0 Å². The lowest BCUT2D eigenvalue weighted by molar-refractivity contribution is 0.666. The first-order valence-corrected chi connectivity index (χ1v) is 19.1. The Kier molecular flexibility index (Phi) is 5.15. The highest BCUT2D eigenvalue weighted by molar-refractivity contribution is 6.26. The number of fused-ring (bicyclic) bond motifs is 13. The molecule has 0 bridgehead atoms. The molecule has 14 rings (SSSR count). The molecule has 258 valence electrons. The molecule has 5 heteroatoms. The van der Waals surface area contributed by atoms with Gasteiger partial charge in [0, 0.05) is 32.5 Å². The van der Waals surface area contributed by atoms with E-state index in [0.29, 0.717) is 11.5 Å². The third-order valence-corrected chi connectivity index (χ3v) is 12.6. The number of hydrogen-bond donors (Lipinski definition) is 0. The van der Waals surface area contributed by atoms with Crippen molar-refractivity contribution in [3.05, 3.63) is 186 Å². The minimum atomic E-state index is -0.487. The topological polar surface area (TPSA) is 57.0 Å². The molecule has 2 aliphatic carbocycles. The van der Waals surface area contributed by atoms with Gasteiger partial charge in [-0.2, -0.15) is 0 Å². The highest BCUT2D eigenvalue weighted by Gasteiger charge is 2.50. The summed E-state index contributed by atoms with van der Waals surface area (Å²) in [6.45, 7) is 0. The van der Waals surface area contributed by atoms with E-state index in [1.54, 1.807) is 0 Å². The molecular weight excluding hydrogens is 687 g/mol. The van der Waals surface area contributed by atoms with Gasteiger partial charge < -0.3 is 8.83 Å². The molecule has 12 aromatic rings. The van der Waals surface area contributed by atoms with E-state index in [4.69, 9.17) is 18.8 Å². The van der Waals surface area contributed by atoms with Gasteiger partial charge in [-0.25, -0.2) is 9.97 Å². The number of nitrogens with zero attached hydrogens (tertiary/aromatic N) is 3. The molecule has 0 amide bonds. The summed E-state index contributed by atoms with van der Waals surface area (Å²) in [5, 5.41) is 8.06. The van der Waals surface area contributed by atoms with Crippen molar-refractivity contribution < 1.29 is 8.83 Å². The van der Waals surface area contributed by atoms with Crippen molar-refractivity contribution >= 4 is 76.6 Å². The number of benzene rings is 8. The summed E-state index contributed by atoms with van der Waals surface area (Å²) in [5.41, 5.74) is 15.1. The van der Waals surface area contributed by atoms with E-state index in [0.717, 1.165) is 60.7 Å². The molecule has 0 atom stereocenters. The second-order valence-corrected chi connectivity index (χ2v) is 15.2. The number of para-hydroxylation sites is 2. The summed E-state index contributed by atoms with van der Waals surface area (Å²) in [6, 6.07) is 58.7. The molecule has 0 radical (unpaired) electrons. The second-order valence-electron chi connectivity index (χ2n) is 15.2. The zero-order valence-corrected chi connectivity index (χ0v) is 29.7. The van der Waals surface area contributed by atoms with Gasteiger partial charge >= 0.3 is 0 Å². The maximum absolute atomic E-state index is 6.62. The van der Waals surface area contributed by atoms with E-state index in [-0.39, 0.29) is 0 Å². The highest BCUT2D eigenvalue weighted by Crippen LogP contribution is 2.62. The summed E-state index contributed by atoms with van der Waals surface area (Å²) in [7, 11) is 0. The van der Waals surface area contributed by atoms with Crippen LogP contribution in [0.2, 0.25) is 0 Å². The van der Waals surface area contributed by atoms with E-state index < -0.39 is 5.41 Å². The maximum atomic E-state index is 6.62. The third-order valence-electron chi connectivity index (χ3n) is 12.6. The molecule has 0 saturated heterocycles. The molecule has 5 nitrogen and oxygen atoms in total. The molecule has 4 heterocycles. The maximum Gasteiger partial charge on any atom is 0.236 e. The van der Waals surface area contributed by atoms with Gasteiger partial charge in [-0.05, 0) is 92.7 Å². The fourth-order valence-corrected chi connectivity index (χ4v) is 10.5. The van der Waals surface area contributed by atoms with Gasteiger partial charge in [0.15, 0.2) is 5.58 Å². The summed E-state index contributed by atoms with van der Waals surface area (Å²) in [4.78, 5) is 10.9. The van der Waals surface area contributed by atoms with Gasteiger partial charge in [-0.3, -0.25) is 4.57 Å². The van der Waals surface area contributed by atoms with Gasteiger partial charge in [-0.1, -0.05) is 115 Å². The largest absolute Gasteiger partial charge is 0.456 e. The van der Waals surface area contributed by atoms with Crippen LogP contribution in [-0.2, 0) is 5.41 Å². The standard InChI is InChI=1S/C51H27N3O2/c1-5-16-35-30(12-1)31-13-2-6-17-36(31)51(35)37-18-9-11-28-23-25-40-46(44(28)37)45-38(51)19-10-20-39(45)54(40)50-52-47(49-48(53-50)33-15-4-8-22-42(33)56-49)29-24-26-43-34(27-29)32-14-3-7-21-41(32)55-43/h1-27H. The molecule has 0 aliphatic heterocycles. The quantitative estimate of drug-likeness (QED) is 0.179. The molecule has 0 unspecified atom stereocenters. The Morgan fingerprint density at radius 1 is 0.446 bits per heavy atom. The second kappa shape index (κ2) is 9.97. The first kappa shape index (κ1) is 28.9. The predicted molar refractivity (Wildman–Crippen MR) is 225 cm³/mol. The van der Waals surface area contributed by atoms with E-state index in [1.165, 1.54) is 54.9 Å². The fraction of sp³-hybridized carbons (Fsp3) is 0.0196. The molecule has 56 heavy (non-hydrogen) atoms. The van der Waals surface area contributed by atoms with Crippen LogP contribution in [0.5, 0.6) is 0 Å². The lowest BCUT2D eigenvalue weighted by Crippen LogP contribution is -2.30. The minimum Gasteiger partial charge on any atom is -0.456 e. The van der Waals surface area contributed by atoms with Gasteiger partial charge in [0.05, 0.1) is 16.4 Å². The average molecular weight is 714 g/mol. The Morgan fingerprint density at radius 2 is 1.09 bits per heavy atom. The molecule has 1 spiro atoms. The zero-order chi connectivity index (χ0) is 36.3. The van der Waals surface area contributed by atoms with Crippen LogP contribution < -0.4 is 0 Å². The van der Waals surface area contributed by atoms with Crippen molar-refractivity contribution in [3.8, 4) is 28.3 Å². The van der Waals surface area contributed by atoms with Gasteiger partial charge in [0.2, 0.25) is 5.95 Å². The number of furan rings is 2. The minimum absolute atomic E-state index is 0.487. The van der Waals surface area contributed by atoms with Crippen molar-refractivity contribution in [2.45, 2.75) is 5.41 Å². The molecule has 0 fully saturated rings. The predicted octanol–water partition coefficient (Wildman–Crippen LogP) is 12.9. The molecule has 0 N–H and O–H groups in total. The fourth-order valence-electron chi connectivity index (χ4n) is 10.5. The van der Waals surface area contributed by atoms with Gasteiger partial charge in [-0.15, -0.1) is 0 Å². The van der Waals surface area contributed by atoms with E-state index in [1.807, 2.05) is 36.4 Å². The molecule has 2 aliphatic rings. The van der Waals surface area contributed by atoms with Crippen LogP contribution in [0.3, 0.4) is 0 Å². The smallest absolute Gasteiger partial charge is 0.236 e. The average Bonchev–Trinajstić information content (AvgIpc) is 4.00.